The van der Waals surface area contributed by atoms with E-state index in [0.717, 1.165) is 0 Å². The summed E-state index contributed by atoms with van der Waals surface area (Å²) in [5.74, 6) is -0.216. The molecule has 0 spiro atoms. The van der Waals surface area contributed by atoms with Crippen LogP contribution in [0.5, 0.6) is 5.75 Å². The predicted molar refractivity (Wildman–Crippen MR) is 45.7 cm³/mol. The maximum atomic E-state index is 11.2. The molecule has 0 aliphatic heterocycles. The summed E-state index contributed by atoms with van der Waals surface area (Å²) in [5.41, 5.74) is 0.355. The molecular weight excluding hydrogens is 172 g/mol. The number of carbonyl (C=O) groups is 1. The van der Waals surface area contributed by atoms with E-state index in [2.05, 4.69) is 4.89 Å². The van der Waals surface area contributed by atoms with Crippen LogP contribution in [0, 0.1) is 0 Å². The molecule has 4 nitrogen and oxygen atoms in total. The molecule has 13 heavy (non-hydrogen) atoms. The highest BCUT2D eigenvalue weighted by molar-refractivity contribution is 5.89. The minimum absolute atomic E-state index is 0.213. The lowest BCUT2D eigenvalue weighted by atomic mass is 10.2. The maximum Gasteiger partial charge on any atom is 0.338 e. The number of esters is 1. The van der Waals surface area contributed by atoms with Crippen LogP contribution in [0.25, 0.3) is 0 Å². The molecule has 0 aliphatic carbocycles. The quantitative estimate of drug-likeness (QED) is 0.439. The zero-order valence-corrected chi connectivity index (χ0v) is 7.19. The van der Waals surface area contributed by atoms with Crippen molar-refractivity contribution in [2.75, 3.05) is 6.61 Å². The molecule has 0 unspecified atom stereocenters. The van der Waals surface area contributed by atoms with Gasteiger partial charge in [0.15, 0.2) is 5.75 Å². The van der Waals surface area contributed by atoms with Gasteiger partial charge in [0.2, 0.25) is 0 Å². The first-order valence-corrected chi connectivity index (χ1v) is 3.86. The first-order valence-electron chi connectivity index (χ1n) is 3.86. The highest BCUT2D eigenvalue weighted by Crippen LogP contribution is 2.12. The van der Waals surface area contributed by atoms with Gasteiger partial charge in [-0.3, -0.25) is 0 Å². The van der Waals surface area contributed by atoms with Gasteiger partial charge in [0.05, 0.1) is 12.2 Å². The van der Waals surface area contributed by atoms with E-state index in [4.69, 9.17) is 9.99 Å². The SMILES string of the molecule is CCOC(=O)c1cccc(OO)c1. The molecule has 0 saturated carbocycles. The smallest absolute Gasteiger partial charge is 0.338 e. The number of carbonyl (C=O) groups excluding carboxylic acids is 1. The summed E-state index contributed by atoms with van der Waals surface area (Å²) < 4.78 is 4.75. The molecule has 0 aromatic heterocycles. The number of hydrogen-bond acceptors (Lipinski definition) is 4. The third kappa shape index (κ3) is 2.45. The third-order valence-corrected chi connectivity index (χ3v) is 1.45. The average Bonchev–Trinajstić information content (AvgIpc) is 2.18. The molecule has 0 heterocycles. The third-order valence-electron chi connectivity index (χ3n) is 1.45. The molecule has 0 atom stereocenters. The van der Waals surface area contributed by atoms with Crippen LogP contribution in [0.3, 0.4) is 0 Å². The Bertz CT molecular complexity index is 295. The van der Waals surface area contributed by atoms with Crippen LogP contribution in [-0.2, 0) is 4.74 Å². The second-order valence-corrected chi connectivity index (χ2v) is 2.34. The van der Waals surface area contributed by atoms with Crippen molar-refractivity contribution in [1.82, 2.24) is 0 Å². The molecule has 1 rings (SSSR count). The second-order valence-electron chi connectivity index (χ2n) is 2.34. The van der Waals surface area contributed by atoms with Gasteiger partial charge in [-0.05, 0) is 25.1 Å². The van der Waals surface area contributed by atoms with Crippen molar-refractivity contribution < 1.29 is 19.7 Å². The van der Waals surface area contributed by atoms with Gasteiger partial charge >= 0.3 is 5.97 Å². The molecule has 1 N–H and O–H groups in total. The Kier molecular flexibility index (Phi) is 3.28. The summed E-state index contributed by atoms with van der Waals surface area (Å²) in [4.78, 5) is 15.1. The molecule has 0 saturated heterocycles. The molecule has 4 heteroatoms. The van der Waals surface area contributed by atoms with E-state index < -0.39 is 5.97 Å². The van der Waals surface area contributed by atoms with Crippen molar-refractivity contribution in [3.05, 3.63) is 29.8 Å². The van der Waals surface area contributed by atoms with E-state index in [9.17, 15) is 4.79 Å². The minimum Gasteiger partial charge on any atom is -0.462 e. The second kappa shape index (κ2) is 4.47. The Hall–Kier alpha value is -1.55. The summed E-state index contributed by atoms with van der Waals surface area (Å²) >= 11 is 0. The zero-order chi connectivity index (χ0) is 9.68. The van der Waals surface area contributed by atoms with Gasteiger partial charge in [-0.1, -0.05) is 6.07 Å². The maximum absolute atomic E-state index is 11.2. The van der Waals surface area contributed by atoms with Crippen molar-refractivity contribution in [3.8, 4) is 5.75 Å². The first kappa shape index (κ1) is 9.54. The van der Waals surface area contributed by atoms with Crippen molar-refractivity contribution >= 4 is 5.97 Å². The van der Waals surface area contributed by atoms with E-state index in [1.807, 2.05) is 0 Å². The van der Waals surface area contributed by atoms with E-state index in [0.29, 0.717) is 12.2 Å². The van der Waals surface area contributed by atoms with Gasteiger partial charge in [0.1, 0.15) is 0 Å². The molecule has 0 amide bonds. The summed E-state index contributed by atoms with van der Waals surface area (Å²) in [7, 11) is 0. The Morgan fingerprint density at radius 3 is 2.92 bits per heavy atom. The van der Waals surface area contributed by atoms with Gasteiger partial charge < -0.3 is 9.62 Å². The lowest BCUT2D eigenvalue weighted by Crippen LogP contribution is -2.04. The molecular formula is C9H10O4. The molecule has 0 aliphatic rings. The number of rotatable bonds is 3. The van der Waals surface area contributed by atoms with Gasteiger partial charge in [-0.15, -0.1) is 0 Å². The van der Waals surface area contributed by atoms with Gasteiger partial charge in [0, 0.05) is 0 Å². The van der Waals surface area contributed by atoms with Crippen LogP contribution in [0.1, 0.15) is 17.3 Å². The van der Waals surface area contributed by atoms with Crippen LogP contribution < -0.4 is 4.89 Å². The van der Waals surface area contributed by atoms with E-state index in [1.165, 1.54) is 12.1 Å². The van der Waals surface area contributed by atoms with E-state index >= 15 is 0 Å². The molecule has 0 fully saturated rings. The Labute approximate surface area is 75.6 Å². The number of ether oxygens (including phenoxy) is 1. The monoisotopic (exact) mass is 182 g/mol. The molecule has 70 valence electrons. The van der Waals surface area contributed by atoms with Gasteiger partial charge in [-0.2, -0.15) is 0 Å². The van der Waals surface area contributed by atoms with Gasteiger partial charge in [-0.25, -0.2) is 10.1 Å². The Morgan fingerprint density at radius 1 is 1.54 bits per heavy atom. The summed E-state index contributed by atoms with van der Waals surface area (Å²) in [6.45, 7) is 2.05. The first-order chi connectivity index (χ1) is 6.27. The van der Waals surface area contributed by atoms with Crippen LogP contribution in [0.15, 0.2) is 24.3 Å². The highest BCUT2D eigenvalue weighted by atomic mass is 17.1. The van der Waals surface area contributed by atoms with E-state index in [-0.39, 0.29) is 5.75 Å². The summed E-state index contributed by atoms with van der Waals surface area (Å²) in [6, 6.07) is 6.11. The van der Waals surface area contributed by atoms with Crippen molar-refractivity contribution in [2.24, 2.45) is 0 Å². The molecule has 0 bridgehead atoms. The number of hydrogen-bond donors (Lipinski definition) is 1. The lowest BCUT2D eigenvalue weighted by Gasteiger charge is -2.02. The van der Waals surface area contributed by atoms with Crippen molar-refractivity contribution in [3.63, 3.8) is 0 Å². The predicted octanol–water partition coefficient (Wildman–Crippen LogP) is 1.72. The minimum atomic E-state index is -0.429. The summed E-state index contributed by atoms with van der Waals surface area (Å²) in [6.07, 6.45) is 0. The summed E-state index contributed by atoms with van der Waals surface area (Å²) in [5, 5.41) is 8.32. The van der Waals surface area contributed by atoms with Crippen LogP contribution in [0.2, 0.25) is 0 Å². The molecule has 1 aromatic carbocycles. The van der Waals surface area contributed by atoms with Crippen LogP contribution in [-0.4, -0.2) is 17.8 Å². The fraction of sp³-hybridized carbons (Fsp3) is 0.222. The Balaban J connectivity index is 2.82. The topological polar surface area (TPSA) is 55.8 Å². The lowest BCUT2D eigenvalue weighted by molar-refractivity contribution is -0.137. The fourth-order valence-corrected chi connectivity index (χ4v) is 0.894. The van der Waals surface area contributed by atoms with Crippen molar-refractivity contribution in [2.45, 2.75) is 6.92 Å². The van der Waals surface area contributed by atoms with Crippen LogP contribution in [0.4, 0.5) is 0 Å². The number of benzene rings is 1. The van der Waals surface area contributed by atoms with Crippen LogP contribution >= 0.6 is 0 Å². The normalized spacial score (nSPS) is 9.38. The standard InChI is InChI=1S/C9H10O4/c1-2-12-9(10)7-4-3-5-8(6-7)13-11/h3-6,11H,2H2,1H3. The average molecular weight is 182 g/mol. The largest absolute Gasteiger partial charge is 0.462 e. The Morgan fingerprint density at radius 2 is 2.31 bits per heavy atom. The molecule has 0 radical (unpaired) electrons. The fourth-order valence-electron chi connectivity index (χ4n) is 0.894. The van der Waals surface area contributed by atoms with E-state index in [1.54, 1.807) is 19.1 Å². The zero-order valence-electron chi connectivity index (χ0n) is 7.19. The molecule has 1 aromatic rings. The highest BCUT2D eigenvalue weighted by Gasteiger charge is 2.06. The van der Waals surface area contributed by atoms with Crippen molar-refractivity contribution in [1.29, 1.82) is 0 Å². The van der Waals surface area contributed by atoms with Gasteiger partial charge in [0.25, 0.3) is 0 Å².